The molecule has 1 N–H and O–H groups in total. The van der Waals surface area contributed by atoms with Crippen molar-refractivity contribution in [2.24, 2.45) is 5.92 Å². The average molecular weight is 460 g/mol. The van der Waals surface area contributed by atoms with Crippen LogP contribution in [0.5, 0.6) is 0 Å². The molecule has 1 fully saturated rings. The van der Waals surface area contributed by atoms with Gasteiger partial charge < -0.3 is 10.2 Å². The summed E-state index contributed by atoms with van der Waals surface area (Å²) in [5.74, 6) is -1.64. The van der Waals surface area contributed by atoms with Gasteiger partial charge in [0.1, 0.15) is 11.5 Å². The van der Waals surface area contributed by atoms with Gasteiger partial charge in [-0.2, -0.15) is 13.2 Å². The number of alkyl halides is 3. The topological polar surface area (TPSA) is 67.2 Å². The minimum Gasteiger partial charge on any atom is -0.339 e. The number of aromatic nitrogens is 2. The van der Waals surface area contributed by atoms with Gasteiger partial charge in [0.15, 0.2) is 5.82 Å². The minimum absolute atomic E-state index is 0.160. The summed E-state index contributed by atoms with van der Waals surface area (Å²) in [5.41, 5.74) is -1.13. The third-order valence-electron chi connectivity index (χ3n) is 5.56. The molecule has 1 aromatic heterocycles. The van der Waals surface area contributed by atoms with Crippen LogP contribution in [-0.2, 0) is 11.0 Å². The summed E-state index contributed by atoms with van der Waals surface area (Å²) >= 11 is 0. The summed E-state index contributed by atoms with van der Waals surface area (Å²) < 4.78 is 54.9. The number of hydrogen-bond acceptors (Lipinski definition) is 3. The molecule has 33 heavy (non-hydrogen) atoms. The van der Waals surface area contributed by atoms with E-state index < -0.39 is 34.9 Å². The van der Waals surface area contributed by atoms with E-state index in [4.69, 9.17) is 0 Å². The van der Waals surface area contributed by atoms with E-state index in [2.05, 4.69) is 10.4 Å². The van der Waals surface area contributed by atoms with Crippen molar-refractivity contribution in [3.63, 3.8) is 0 Å². The molecule has 1 saturated heterocycles. The van der Waals surface area contributed by atoms with Crippen molar-refractivity contribution in [2.45, 2.75) is 19.0 Å². The van der Waals surface area contributed by atoms with Gasteiger partial charge in [-0.15, -0.1) is 5.10 Å². The molecule has 0 unspecified atom stereocenters. The van der Waals surface area contributed by atoms with Gasteiger partial charge in [-0.05, 0) is 37.1 Å². The Kier molecular flexibility index (Phi) is 6.17. The number of anilines is 1. The Labute approximate surface area is 186 Å². The lowest BCUT2D eigenvalue weighted by Crippen LogP contribution is -2.42. The van der Waals surface area contributed by atoms with Crippen LogP contribution in [0.15, 0.2) is 60.8 Å². The number of para-hydroxylation sites is 1. The first kappa shape index (κ1) is 22.5. The third kappa shape index (κ3) is 4.89. The molecule has 0 spiro atoms. The lowest BCUT2D eigenvalue weighted by molar-refractivity contribution is -0.138. The Bertz CT molecular complexity index is 1170. The van der Waals surface area contributed by atoms with Gasteiger partial charge in [0.05, 0.1) is 11.1 Å². The largest absolute Gasteiger partial charge is 0.417 e. The second kappa shape index (κ2) is 9.05. The summed E-state index contributed by atoms with van der Waals surface area (Å²) in [6.45, 7) is 0.319. The normalized spacial score (nSPS) is 14.8. The van der Waals surface area contributed by atoms with Crippen molar-refractivity contribution in [1.29, 1.82) is 0 Å². The van der Waals surface area contributed by atoms with Gasteiger partial charge in [-0.3, -0.25) is 9.59 Å². The Morgan fingerprint density at radius 3 is 2.33 bits per heavy atom. The molecule has 1 aliphatic heterocycles. The van der Waals surface area contributed by atoms with Gasteiger partial charge in [-0.25, -0.2) is 9.07 Å². The molecule has 3 aromatic rings. The molecule has 1 aliphatic rings. The van der Waals surface area contributed by atoms with Crippen LogP contribution in [0.2, 0.25) is 0 Å². The van der Waals surface area contributed by atoms with E-state index in [0.29, 0.717) is 12.8 Å². The van der Waals surface area contributed by atoms with Crippen LogP contribution < -0.4 is 5.32 Å². The highest BCUT2D eigenvalue weighted by Crippen LogP contribution is 2.33. The summed E-state index contributed by atoms with van der Waals surface area (Å²) in [4.78, 5) is 26.6. The SMILES string of the molecule is O=C(Nc1ccn(-c2ccccc2F)n1)C1CCN(C(=O)c2ccccc2C(F)(F)F)CC1. The first-order valence-corrected chi connectivity index (χ1v) is 10.3. The molecule has 0 bridgehead atoms. The smallest absolute Gasteiger partial charge is 0.339 e. The van der Waals surface area contributed by atoms with Gasteiger partial charge in [0.25, 0.3) is 5.91 Å². The Balaban J connectivity index is 1.37. The second-order valence-electron chi connectivity index (χ2n) is 7.70. The predicted octanol–water partition coefficient (Wildman–Crippen LogP) is 4.52. The highest BCUT2D eigenvalue weighted by molar-refractivity contribution is 5.96. The first-order chi connectivity index (χ1) is 15.7. The van der Waals surface area contributed by atoms with Gasteiger partial charge in [0.2, 0.25) is 5.91 Å². The van der Waals surface area contributed by atoms with Crippen molar-refractivity contribution in [1.82, 2.24) is 14.7 Å². The average Bonchev–Trinajstić information content (AvgIpc) is 3.26. The molecule has 172 valence electrons. The molecular weight excluding hydrogens is 440 g/mol. The molecule has 2 heterocycles. The molecule has 0 atom stereocenters. The molecule has 6 nitrogen and oxygen atoms in total. The zero-order chi connectivity index (χ0) is 23.6. The van der Waals surface area contributed by atoms with Crippen LogP contribution >= 0.6 is 0 Å². The molecular formula is C23H20F4N4O2. The number of nitrogens with zero attached hydrogens (tertiary/aromatic N) is 3. The van der Waals surface area contributed by atoms with Crippen LogP contribution in [0.4, 0.5) is 23.4 Å². The number of halogens is 4. The summed E-state index contributed by atoms with van der Waals surface area (Å²) in [5, 5.41) is 6.85. The number of carbonyl (C=O) groups is 2. The van der Waals surface area contributed by atoms with Crippen molar-refractivity contribution in [2.75, 3.05) is 18.4 Å². The lowest BCUT2D eigenvalue weighted by Gasteiger charge is -2.31. The van der Waals surface area contributed by atoms with E-state index in [-0.39, 0.29) is 30.5 Å². The van der Waals surface area contributed by atoms with Crippen LogP contribution in [0, 0.1) is 11.7 Å². The molecule has 2 aromatic carbocycles. The zero-order valence-corrected chi connectivity index (χ0v) is 17.3. The number of benzene rings is 2. The van der Waals surface area contributed by atoms with E-state index in [9.17, 15) is 27.2 Å². The Morgan fingerprint density at radius 1 is 0.970 bits per heavy atom. The van der Waals surface area contributed by atoms with Gasteiger partial charge in [0, 0.05) is 31.3 Å². The number of rotatable bonds is 4. The quantitative estimate of drug-likeness (QED) is 0.583. The molecule has 0 aliphatic carbocycles. The van der Waals surface area contributed by atoms with E-state index in [1.165, 1.54) is 40.0 Å². The van der Waals surface area contributed by atoms with Crippen molar-refractivity contribution in [3.8, 4) is 5.69 Å². The van der Waals surface area contributed by atoms with E-state index in [1.54, 1.807) is 18.2 Å². The summed E-state index contributed by atoms with van der Waals surface area (Å²) in [6, 6.07) is 12.3. The lowest BCUT2D eigenvalue weighted by atomic mass is 9.95. The number of likely N-dealkylation sites (tertiary alicyclic amines) is 1. The molecule has 2 amide bonds. The molecule has 10 heteroatoms. The number of amides is 2. The Hall–Kier alpha value is -3.69. The maximum Gasteiger partial charge on any atom is 0.417 e. The maximum absolute atomic E-state index is 13.9. The summed E-state index contributed by atoms with van der Waals surface area (Å²) in [7, 11) is 0. The zero-order valence-electron chi connectivity index (χ0n) is 17.3. The number of piperidine rings is 1. The molecule has 0 radical (unpaired) electrons. The van der Waals surface area contributed by atoms with Crippen molar-refractivity contribution < 1.29 is 27.2 Å². The fraction of sp³-hybridized carbons (Fsp3) is 0.261. The van der Waals surface area contributed by atoms with Crippen LogP contribution in [0.3, 0.4) is 0 Å². The fourth-order valence-electron chi connectivity index (χ4n) is 3.82. The van der Waals surface area contributed by atoms with Gasteiger partial charge in [-0.1, -0.05) is 24.3 Å². The first-order valence-electron chi connectivity index (χ1n) is 10.3. The standard InChI is InChI=1S/C23H20F4N4O2/c24-18-7-3-4-8-19(18)31-14-11-20(29-31)28-21(32)15-9-12-30(13-10-15)22(33)16-5-1-2-6-17(16)23(25,26)27/h1-8,11,14-15H,9-10,12-13H2,(H,28,29,32). The van der Waals surface area contributed by atoms with Crippen molar-refractivity contribution in [3.05, 3.63) is 77.7 Å². The van der Waals surface area contributed by atoms with Gasteiger partial charge >= 0.3 is 6.18 Å². The molecule has 4 rings (SSSR count). The predicted molar refractivity (Wildman–Crippen MR) is 112 cm³/mol. The van der Waals surface area contributed by atoms with E-state index in [0.717, 1.165) is 12.1 Å². The van der Waals surface area contributed by atoms with Crippen molar-refractivity contribution >= 4 is 17.6 Å². The number of nitrogens with one attached hydrogen (secondary N) is 1. The highest BCUT2D eigenvalue weighted by Gasteiger charge is 2.37. The highest BCUT2D eigenvalue weighted by atomic mass is 19.4. The maximum atomic E-state index is 13.9. The Morgan fingerprint density at radius 2 is 1.64 bits per heavy atom. The number of carbonyl (C=O) groups excluding carboxylic acids is 2. The van der Waals surface area contributed by atoms with E-state index >= 15 is 0 Å². The monoisotopic (exact) mass is 460 g/mol. The minimum atomic E-state index is -4.63. The summed E-state index contributed by atoms with van der Waals surface area (Å²) in [6.07, 6.45) is -2.50. The second-order valence-corrected chi connectivity index (χ2v) is 7.70. The fourth-order valence-corrected chi connectivity index (χ4v) is 3.82. The van der Waals surface area contributed by atoms with Crippen LogP contribution in [0.1, 0.15) is 28.8 Å². The van der Waals surface area contributed by atoms with Crippen LogP contribution in [0.25, 0.3) is 5.69 Å². The van der Waals surface area contributed by atoms with Crippen LogP contribution in [-0.4, -0.2) is 39.6 Å². The van der Waals surface area contributed by atoms with E-state index in [1.807, 2.05) is 0 Å². The number of hydrogen-bond donors (Lipinski definition) is 1. The molecule has 0 saturated carbocycles. The third-order valence-corrected chi connectivity index (χ3v) is 5.56.